The van der Waals surface area contributed by atoms with Crippen LogP contribution in [0.4, 0.5) is 4.79 Å². The van der Waals surface area contributed by atoms with Gasteiger partial charge in [-0.2, -0.15) is 0 Å². The van der Waals surface area contributed by atoms with Crippen LogP contribution in [0.2, 0.25) is 0 Å². The third-order valence-electron chi connectivity index (χ3n) is 2.82. The molecule has 0 aliphatic carbocycles. The van der Waals surface area contributed by atoms with Gasteiger partial charge in [-0.15, -0.1) is 0 Å². The van der Waals surface area contributed by atoms with Crippen LogP contribution >= 0.6 is 15.9 Å². The molecule has 1 aliphatic rings. The standard InChI is InChI=1S/C12H22BrNO3/c1-11(2,3)17-10(15)14-6-5-12(7-13,8-14)9-16-4/h5-9H2,1-4H3. The molecule has 0 radical (unpaired) electrons. The molecule has 1 atom stereocenters. The molecule has 1 aliphatic heterocycles. The maximum Gasteiger partial charge on any atom is 0.410 e. The van der Waals surface area contributed by atoms with E-state index in [1.807, 2.05) is 20.8 Å². The second kappa shape index (κ2) is 5.57. The van der Waals surface area contributed by atoms with Gasteiger partial charge in [-0.25, -0.2) is 4.79 Å². The first-order valence-corrected chi connectivity index (χ1v) is 6.97. The molecular formula is C12H22BrNO3. The number of alkyl halides is 1. The van der Waals surface area contributed by atoms with Gasteiger partial charge in [0.05, 0.1) is 6.61 Å². The SMILES string of the molecule is COCC1(CBr)CCN(C(=O)OC(C)(C)C)C1. The predicted octanol–water partition coefficient (Wildman–Crippen LogP) is 2.65. The lowest BCUT2D eigenvalue weighted by atomic mass is 9.91. The van der Waals surface area contributed by atoms with Crippen molar-refractivity contribution in [1.29, 1.82) is 0 Å². The van der Waals surface area contributed by atoms with Crippen LogP contribution in [0.1, 0.15) is 27.2 Å². The number of methoxy groups -OCH3 is 1. The van der Waals surface area contributed by atoms with Crippen molar-refractivity contribution in [3.63, 3.8) is 0 Å². The van der Waals surface area contributed by atoms with Gasteiger partial charge in [-0.1, -0.05) is 15.9 Å². The molecule has 1 fully saturated rings. The van der Waals surface area contributed by atoms with Gasteiger partial charge >= 0.3 is 6.09 Å². The molecule has 0 aromatic heterocycles. The number of hydrogen-bond acceptors (Lipinski definition) is 3. The van der Waals surface area contributed by atoms with Crippen molar-refractivity contribution in [2.45, 2.75) is 32.8 Å². The average molecular weight is 308 g/mol. The van der Waals surface area contributed by atoms with E-state index in [1.165, 1.54) is 0 Å². The highest BCUT2D eigenvalue weighted by Gasteiger charge is 2.40. The van der Waals surface area contributed by atoms with E-state index in [0.29, 0.717) is 13.2 Å². The van der Waals surface area contributed by atoms with Crippen molar-refractivity contribution in [2.75, 3.05) is 32.1 Å². The number of carbonyl (C=O) groups is 1. The summed E-state index contributed by atoms with van der Waals surface area (Å²) in [5.74, 6) is 0. The minimum Gasteiger partial charge on any atom is -0.444 e. The van der Waals surface area contributed by atoms with Crippen LogP contribution in [0.3, 0.4) is 0 Å². The first kappa shape index (κ1) is 14.8. The smallest absolute Gasteiger partial charge is 0.410 e. The second-order valence-corrected chi connectivity index (χ2v) is 6.28. The van der Waals surface area contributed by atoms with E-state index in [9.17, 15) is 4.79 Å². The third-order valence-corrected chi connectivity index (χ3v) is 4.01. The van der Waals surface area contributed by atoms with Crippen LogP contribution < -0.4 is 0 Å². The summed E-state index contributed by atoms with van der Waals surface area (Å²) >= 11 is 3.51. The number of halogens is 1. The van der Waals surface area contributed by atoms with E-state index in [4.69, 9.17) is 9.47 Å². The van der Waals surface area contributed by atoms with E-state index in [-0.39, 0.29) is 11.5 Å². The van der Waals surface area contributed by atoms with E-state index in [1.54, 1.807) is 12.0 Å². The minimum atomic E-state index is -0.433. The first-order chi connectivity index (χ1) is 7.82. The summed E-state index contributed by atoms with van der Waals surface area (Å²) in [5, 5.41) is 0.840. The van der Waals surface area contributed by atoms with Crippen LogP contribution in [0.25, 0.3) is 0 Å². The predicted molar refractivity (Wildman–Crippen MR) is 70.5 cm³/mol. The lowest BCUT2D eigenvalue weighted by Gasteiger charge is -2.28. The molecule has 1 amide bonds. The van der Waals surface area contributed by atoms with Crippen molar-refractivity contribution in [3.8, 4) is 0 Å². The highest BCUT2D eigenvalue weighted by molar-refractivity contribution is 9.09. The molecule has 5 heteroatoms. The maximum atomic E-state index is 11.9. The topological polar surface area (TPSA) is 38.8 Å². The normalized spacial score (nSPS) is 25.1. The van der Waals surface area contributed by atoms with Crippen molar-refractivity contribution in [1.82, 2.24) is 4.90 Å². The number of likely N-dealkylation sites (tertiary alicyclic amines) is 1. The maximum absolute atomic E-state index is 11.9. The highest BCUT2D eigenvalue weighted by atomic mass is 79.9. The fraction of sp³-hybridized carbons (Fsp3) is 0.917. The highest BCUT2D eigenvalue weighted by Crippen LogP contribution is 2.33. The Morgan fingerprint density at radius 1 is 1.47 bits per heavy atom. The minimum absolute atomic E-state index is 0.0334. The largest absolute Gasteiger partial charge is 0.444 e. The van der Waals surface area contributed by atoms with Crippen LogP contribution in [-0.4, -0.2) is 48.7 Å². The fourth-order valence-electron chi connectivity index (χ4n) is 1.99. The van der Waals surface area contributed by atoms with Crippen molar-refractivity contribution >= 4 is 22.0 Å². The summed E-state index contributed by atoms with van der Waals surface area (Å²) in [5.41, 5.74) is -0.399. The summed E-state index contributed by atoms with van der Waals surface area (Å²) in [4.78, 5) is 13.7. The Balaban J connectivity index is 2.57. The molecule has 100 valence electrons. The van der Waals surface area contributed by atoms with Gasteiger partial charge < -0.3 is 14.4 Å². The number of amides is 1. The number of hydrogen-bond donors (Lipinski definition) is 0. The molecular weight excluding hydrogens is 286 g/mol. The van der Waals surface area contributed by atoms with Gasteiger partial charge in [0.1, 0.15) is 5.60 Å². The second-order valence-electron chi connectivity index (χ2n) is 5.72. The molecule has 0 aromatic rings. The van der Waals surface area contributed by atoms with Crippen LogP contribution in [0.15, 0.2) is 0 Å². The average Bonchev–Trinajstić information content (AvgIpc) is 2.61. The molecule has 0 saturated carbocycles. The number of ether oxygens (including phenoxy) is 2. The number of carbonyl (C=O) groups excluding carboxylic acids is 1. The monoisotopic (exact) mass is 307 g/mol. The fourth-order valence-corrected chi connectivity index (χ4v) is 2.61. The quantitative estimate of drug-likeness (QED) is 0.752. The Bertz CT molecular complexity index is 277. The van der Waals surface area contributed by atoms with E-state index < -0.39 is 5.60 Å². The van der Waals surface area contributed by atoms with E-state index >= 15 is 0 Å². The van der Waals surface area contributed by atoms with Gasteiger partial charge in [-0.05, 0) is 27.2 Å². The van der Waals surface area contributed by atoms with Gasteiger partial charge in [-0.3, -0.25) is 0 Å². The van der Waals surface area contributed by atoms with E-state index in [0.717, 1.165) is 18.3 Å². The van der Waals surface area contributed by atoms with Crippen LogP contribution in [-0.2, 0) is 9.47 Å². The van der Waals surface area contributed by atoms with Gasteiger partial charge in [0.25, 0.3) is 0 Å². The molecule has 1 unspecified atom stereocenters. The Morgan fingerprint density at radius 3 is 2.59 bits per heavy atom. The van der Waals surface area contributed by atoms with Crippen LogP contribution in [0.5, 0.6) is 0 Å². The van der Waals surface area contributed by atoms with Gasteiger partial charge in [0.2, 0.25) is 0 Å². The lowest BCUT2D eigenvalue weighted by molar-refractivity contribution is 0.0252. The van der Waals surface area contributed by atoms with Crippen molar-refractivity contribution in [2.24, 2.45) is 5.41 Å². The lowest BCUT2D eigenvalue weighted by Crippen LogP contribution is -2.38. The molecule has 0 spiro atoms. The van der Waals surface area contributed by atoms with Gasteiger partial charge in [0, 0.05) is 30.9 Å². The molecule has 4 nitrogen and oxygen atoms in total. The molecule has 1 heterocycles. The Kier molecular flexibility index (Phi) is 4.84. The van der Waals surface area contributed by atoms with Gasteiger partial charge in [0.15, 0.2) is 0 Å². The Morgan fingerprint density at radius 2 is 2.12 bits per heavy atom. The van der Waals surface area contributed by atoms with E-state index in [2.05, 4.69) is 15.9 Å². The Labute approximate surface area is 112 Å². The zero-order valence-electron chi connectivity index (χ0n) is 11.1. The first-order valence-electron chi connectivity index (χ1n) is 5.85. The molecule has 0 bridgehead atoms. The zero-order chi connectivity index (χ0) is 13.1. The summed E-state index contributed by atoms with van der Waals surface area (Å²) in [7, 11) is 1.69. The van der Waals surface area contributed by atoms with Crippen molar-refractivity contribution < 1.29 is 14.3 Å². The molecule has 1 rings (SSSR count). The summed E-state index contributed by atoms with van der Waals surface area (Å²) in [6, 6.07) is 0. The Hall–Kier alpha value is -0.290. The van der Waals surface area contributed by atoms with Crippen LogP contribution in [0, 0.1) is 5.41 Å². The zero-order valence-corrected chi connectivity index (χ0v) is 12.7. The third kappa shape index (κ3) is 4.14. The summed E-state index contributed by atoms with van der Waals surface area (Å²) in [6.45, 7) is 7.75. The summed E-state index contributed by atoms with van der Waals surface area (Å²) < 4.78 is 10.6. The molecule has 17 heavy (non-hydrogen) atoms. The molecule has 0 N–H and O–H groups in total. The van der Waals surface area contributed by atoms with Crippen molar-refractivity contribution in [3.05, 3.63) is 0 Å². The number of nitrogens with zero attached hydrogens (tertiary/aromatic N) is 1. The number of rotatable bonds is 3. The molecule has 0 aromatic carbocycles. The molecule has 1 saturated heterocycles. The summed E-state index contributed by atoms with van der Waals surface area (Å²) in [6.07, 6.45) is 0.724.